The molecule has 0 aliphatic carbocycles. The van der Waals surface area contributed by atoms with Crippen molar-refractivity contribution in [3.8, 4) is 22.8 Å². The summed E-state index contributed by atoms with van der Waals surface area (Å²) >= 11 is 0. The molecule has 7 heteroatoms. The lowest BCUT2D eigenvalue weighted by atomic mass is 10.1. The van der Waals surface area contributed by atoms with Crippen LogP contribution in [0, 0.1) is 0 Å². The van der Waals surface area contributed by atoms with Crippen LogP contribution >= 0.6 is 0 Å². The van der Waals surface area contributed by atoms with Gasteiger partial charge < -0.3 is 19.9 Å². The summed E-state index contributed by atoms with van der Waals surface area (Å²) in [5.41, 5.74) is 9.23. The zero-order chi connectivity index (χ0) is 21.8. The van der Waals surface area contributed by atoms with E-state index in [1.807, 2.05) is 12.1 Å². The van der Waals surface area contributed by atoms with Crippen LogP contribution < -0.4 is 4.90 Å². The molecular weight excluding hydrogens is 410 g/mol. The summed E-state index contributed by atoms with van der Waals surface area (Å²) in [4.78, 5) is 26.6. The lowest BCUT2D eigenvalue weighted by molar-refractivity contribution is 0.578. The molecule has 6 aromatic rings. The van der Waals surface area contributed by atoms with E-state index in [2.05, 4.69) is 67.3 Å². The highest BCUT2D eigenvalue weighted by molar-refractivity contribution is 5.88. The van der Waals surface area contributed by atoms with Crippen LogP contribution in [-0.4, -0.2) is 43.0 Å². The number of fused-ring (bicyclic) bond motifs is 3. The molecule has 0 bridgehead atoms. The Labute approximate surface area is 189 Å². The minimum absolute atomic E-state index is 0.836. The van der Waals surface area contributed by atoms with Gasteiger partial charge in [0, 0.05) is 29.9 Å². The van der Waals surface area contributed by atoms with E-state index in [1.165, 1.54) is 24.9 Å². The Morgan fingerprint density at radius 3 is 2.03 bits per heavy atom. The number of piperidine rings is 1. The monoisotopic (exact) mass is 433 g/mol. The molecule has 0 amide bonds. The molecule has 33 heavy (non-hydrogen) atoms. The van der Waals surface area contributed by atoms with Crippen LogP contribution in [0.25, 0.3) is 55.9 Å². The zero-order valence-corrected chi connectivity index (χ0v) is 18.1. The van der Waals surface area contributed by atoms with Crippen molar-refractivity contribution in [2.24, 2.45) is 0 Å². The lowest BCUT2D eigenvalue weighted by Gasteiger charge is -2.28. The largest absolute Gasteiger partial charge is 0.371 e. The molecule has 3 aromatic heterocycles. The van der Waals surface area contributed by atoms with E-state index in [1.54, 1.807) is 6.33 Å². The standard InChI is InChI=1S/C26H23N7/c1-2-10-33(11-3-1)18-6-9-21-24(14-18)32-26(30-21)17-5-8-20-23(13-17)31-25(29-20)16-4-7-19-22(12-16)28-15-27-19/h4-9,12-15H,1-3,10-11H2,(H,27,28)(H,29,31)(H,30,32). The Balaban J connectivity index is 1.24. The summed E-state index contributed by atoms with van der Waals surface area (Å²) in [6.07, 6.45) is 5.58. The quantitative estimate of drug-likeness (QED) is 0.337. The van der Waals surface area contributed by atoms with Crippen LogP contribution in [0.1, 0.15) is 19.3 Å². The maximum atomic E-state index is 4.91. The fourth-order valence-electron chi connectivity index (χ4n) is 4.85. The third-order valence-corrected chi connectivity index (χ3v) is 6.64. The van der Waals surface area contributed by atoms with Gasteiger partial charge >= 0.3 is 0 Å². The Morgan fingerprint density at radius 1 is 0.636 bits per heavy atom. The highest BCUT2D eigenvalue weighted by atomic mass is 15.1. The van der Waals surface area contributed by atoms with Gasteiger partial charge in [-0.2, -0.15) is 0 Å². The predicted octanol–water partition coefficient (Wildman–Crippen LogP) is 5.64. The van der Waals surface area contributed by atoms with Crippen LogP contribution in [0.2, 0.25) is 0 Å². The van der Waals surface area contributed by atoms with Gasteiger partial charge in [-0.25, -0.2) is 15.0 Å². The molecule has 1 saturated heterocycles. The summed E-state index contributed by atoms with van der Waals surface area (Å²) in [6.45, 7) is 2.27. The molecule has 0 spiro atoms. The molecule has 0 saturated carbocycles. The van der Waals surface area contributed by atoms with E-state index >= 15 is 0 Å². The van der Waals surface area contributed by atoms with Crippen LogP contribution in [0.15, 0.2) is 60.9 Å². The van der Waals surface area contributed by atoms with Gasteiger partial charge in [0.2, 0.25) is 0 Å². The van der Waals surface area contributed by atoms with Gasteiger partial charge in [-0.1, -0.05) is 0 Å². The normalized spacial score (nSPS) is 14.6. The molecule has 4 heterocycles. The summed E-state index contributed by atoms with van der Waals surface area (Å²) in [6, 6.07) is 18.9. The smallest absolute Gasteiger partial charge is 0.138 e. The molecule has 1 aliphatic heterocycles. The Morgan fingerprint density at radius 2 is 1.27 bits per heavy atom. The van der Waals surface area contributed by atoms with Gasteiger partial charge in [0.1, 0.15) is 11.6 Å². The van der Waals surface area contributed by atoms with Gasteiger partial charge in [-0.05, 0) is 73.9 Å². The average molecular weight is 434 g/mol. The molecule has 3 N–H and O–H groups in total. The van der Waals surface area contributed by atoms with Crippen molar-refractivity contribution in [3.05, 3.63) is 60.9 Å². The number of rotatable bonds is 3. The number of H-pyrrole nitrogens is 3. The van der Waals surface area contributed by atoms with Crippen molar-refractivity contribution in [1.82, 2.24) is 29.9 Å². The number of nitrogens with zero attached hydrogens (tertiary/aromatic N) is 4. The minimum atomic E-state index is 0.836. The van der Waals surface area contributed by atoms with Crippen molar-refractivity contribution >= 4 is 38.8 Å². The molecular formula is C26H23N7. The van der Waals surface area contributed by atoms with Crippen molar-refractivity contribution < 1.29 is 0 Å². The molecule has 162 valence electrons. The summed E-state index contributed by atoms with van der Waals surface area (Å²) < 4.78 is 0. The Hall–Kier alpha value is -4.13. The first kappa shape index (κ1) is 18.4. The first-order chi connectivity index (χ1) is 16.3. The number of hydrogen-bond acceptors (Lipinski definition) is 4. The first-order valence-electron chi connectivity index (χ1n) is 11.5. The van der Waals surface area contributed by atoms with E-state index in [4.69, 9.17) is 9.97 Å². The number of hydrogen-bond donors (Lipinski definition) is 3. The molecule has 0 unspecified atom stereocenters. The number of imidazole rings is 3. The summed E-state index contributed by atoms with van der Waals surface area (Å²) in [5.74, 6) is 1.70. The number of nitrogens with one attached hydrogen (secondary N) is 3. The van der Waals surface area contributed by atoms with Crippen molar-refractivity contribution in [3.63, 3.8) is 0 Å². The first-order valence-corrected chi connectivity index (χ1v) is 11.5. The number of aromatic amines is 3. The molecule has 0 radical (unpaired) electrons. The van der Waals surface area contributed by atoms with Crippen LogP contribution in [0.4, 0.5) is 5.69 Å². The topological polar surface area (TPSA) is 89.3 Å². The molecule has 7 nitrogen and oxygen atoms in total. The molecule has 1 aliphatic rings. The van der Waals surface area contributed by atoms with Gasteiger partial charge in [-0.3, -0.25) is 0 Å². The summed E-state index contributed by atoms with van der Waals surface area (Å²) in [5, 5.41) is 0. The van der Waals surface area contributed by atoms with Crippen LogP contribution in [-0.2, 0) is 0 Å². The predicted molar refractivity (Wildman–Crippen MR) is 132 cm³/mol. The zero-order valence-electron chi connectivity index (χ0n) is 18.1. The molecule has 0 atom stereocenters. The second-order valence-corrected chi connectivity index (χ2v) is 8.79. The van der Waals surface area contributed by atoms with Gasteiger partial charge in [0.25, 0.3) is 0 Å². The van der Waals surface area contributed by atoms with Gasteiger partial charge in [0.15, 0.2) is 0 Å². The summed E-state index contributed by atoms with van der Waals surface area (Å²) in [7, 11) is 0. The van der Waals surface area contributed by atoms with E-state index in [-0.39, 0.29) is 0 Å². The maximum absolute atomic E-state index is 4.91. The molecule has 3 aromatic carbocycles. The van der Waals surface area contributed by atoms with Crippen LogP contribution in [0.3, 0.4) is 0 Å². The van der Waals surface area contributed by atoms with E-state index in [9.17, 15) is 0 Å². The van der Waals surface area contributed by atoms with Gasteiger partial charge in [0.05, 0.1) is 39.4 Å². The average Bonchev–Trinajstić information content (AvgIpc) is 3.60. The second-order valence-electron chi connectivity index (χ2n) is 8.79. The number of benzene rings is 3. The third-order valence-electron chi connectivity index (χ3n) is 6.64. The van der Waals surface area contributed by atoms with Gasteiger partial charge in [-0.15, -0.1) is 0 Å². The highest BCUT2D eigenvalue weighted by Gasteiger charge is 2.14. The Bertz CT molecular complexity index is 1610. The number of anilines is 1. The Kier molecular flexibility index (Phi) is 4.02. The van der Waals surface area contributed by atoms with Crippen molar-refractivity contribution in [2.45, 2.75) is 19.3 Å². The SMILES string of the molecule is c1nc2cc(-c3nc4cc(-c5nc6cc(N7CCCCC7)ccc6[nH]5)ccc4[nH]3)ccc2[nH]1. The second kappa shape index (κ2) is 7.20. The number of aromatic nitrogens is 6. The highest BCUT2D eigenvalue weighted by Crippen LogP contribution is 2.29. The molecule has 1 fully saturated rings. The minimum Gasteiger partial charge on any atom is -0.371 e. The fourth-order valence-corrected chi connectivity index (χ4v) is 4.85. The third kappa shape index (κ3) is 3.16. The van der Waals surface area contributed by atoms with Crippen LogP contribution in [0.5, 0.6) is 0 Å². The van der Waals surface area contributed by atoms with Crippen molar-refractivity contribution in [2.75, 3.05) is 18.0 Å². The fraction of sp³-hybridized carbons (Fsp3) is 0.192. The maximum Gasteiger partial charge on any atom is 0.138 e. The lowest BCUT2D eigenvalue weighted by Crippen LogP contribution is -2.29. The van der Waals surface area contributed by atoms with E-state index in [0.29, 0.717) is 0 Å². The molecule has 7 rings (SSSR count). The van der Waals surface area contributed by atoms with E-state index in [0.717, 1.165) is 69.0 Å². The van der Waals surface area contributed by atoms with E-state index < -0.39 is 0 Å². The van der Waals surface area contributed by atoms with Crippen molar-refractivity contribution in [1.29, 1.82) is 0 Å².